The van der Waals surface area contributed by atoms with E-state index < -0.39 is 0 Å². The smallest absolute Gasteiger partial charge is 0.241 e. The van der Waals surface area contributed by atoms with E-state index in [1.54, 1.807) is 12.1 Å². The van der Waals surface area contributed by atoms with Gasteiger partial charge in [0.2, 0.25) is 11.8 Å². The lowest BCUT2D eigenvalue weighted by Crippen LogP contribution is -2.49. The number of carbonyl (C=O) groups is 2. The summed E-state index contributed by atoms with van der Waals surface area (Å²) in [6.07, 6.45) is 2.15. The fourth-order valence-electron chi connectivity index (χ4n) is 3.77. The SMILES string of the molecule is CCC(C(=O)Nc1ccc(F)cc1)N1CCC(C(=O)NCc2ccccc2)CC1. The van der Waals surface area contributed by atoms with Gasteiger partial charge in [-0.25, -0.2) is 4.39 Å². The minimum Gasteiger partial charge on any atom is -0.352 e. The second kappa shape index (κ2) is 10.2. The molecular formula is C23H28FN3O2. The second-order valence-corrected chi connectivity index (χ2v) is 7.43. The van der Waals surface area contributed by atoms with E-state index >= 15 is 0 Å². The Morgan fingerprint density at radius 3 is 2.34 bits per heavy atom. The fraction of sp³-hybridized carbons (Fsp3) is 0.391. The summed E-state index contributed by atoms with van der Waals surface area (Å²) in [5, 5.41) is 5.88. The Balaban J connectivity index is 1.48. The van der Waals surface area contributed by atoms with Gasteiger partial charge in [-0.1, -0.05) is 37.3 Å². The summed E-state index contributed by atoms with van der Waals surface area (Å²) in [6.45, 7) is 3.93. The van der Waals surface area contributed by atoms with Gasteiger partial charge in [0, 0.05) is 18.2 Å². The molecule has 1 aliphatic heterocycles. The van der Waals surface area contributed by atoms with Crippen LogP contribution in [0.4, 0.5) is 10.1 Å². The van der Waals surface area contributed by atoms with Gasteiger partial charge in [0.25, 0.3) is 0 Å². The fourth-order valence-corrected chi connectivity index (χ4v) is 3.77. The van der Waals surface area contributed by atoms with Crippen LogP contribution < -0.4 is 10.6 Å². The van der Waals surface area contributed by atoms with Crippen LogP contribution in [0.15, 0.2) is 54.6 Å². The molecule has 6 heteroatoms. The van der Waals surface area contributed by atoms with Gasteiger partial charge in [-0.05, 0) is 62.2 Å². The first-order valence-electron chi connectivity index (χ1n) is 10.2. The molecule has 2 aromatic carbocycles. The molecule has 0 radical (unpaired) electrons. The quantitative estimate of drug-likeness (QED) is 0.751. The lowest BCUT2D eigenvalue weighted by atomic mass is 9.94. The van der Waals surface area contributed by atoms with Crippen molar-refractivity contribution >= 4 is 17.5 Å². The predicted octanol–water partition coefficient (Wildman–Crippen LogP) is 3.57. The van der Waals surface area contributed by atoms with E-state index in [1.807, 2.05) is 37.3 Å². The molecule has 2 N–H and O–H groups in total. The molecule has 0 aromatic heterocycles. The third kappa shape index (κ3) is 5.87. The van der Waals surface area contributed by atoms with E-state index in [0.29, 0.717) is 31.7 Å². The summed E-state index contributed by atoms with van der Waals surface area (Å²) in [7, 11) is 0. The van der Waals surface area contributed by atoms with Crippen LogP contribution in [0, 0.1) is 11.7 Å². The van der Waals surface area contributed by atoms with Crippen molar-refractivity contribution in [3.05, 3.63) is 66.0 Å². The number of likely N-dealkylation sites (tertiary alicyclic amines) is 1. The summed E-state index contributed by atoms with van der Waals surface area (Å²) in [5.74, 6) is -0.362. The van der Waals surface area contributed by atoms with Crippen LogP contribution in [0.3, 0.4) is 0 Å². The van der Waals surface area contributed by atoms with Gasteiger partial charge in [0.15, 0.2) is 0 Å². The van der Waals surface area contributed by atoms with Crippen LogP contribution >= 0.6 is 0 Å². The number of nitrogens with zero attached hydrogens (tertiary/aromatic N) is 1. The molecule has 2 amide bonds. The maximum atomic E-state index is 13.0. The second-order valence-electron chi connectivity index (χ2n) is 7.43. The zero-order valence-corrected chi connectivity index (χ0v) is 16.7. The third-order valence-corrected chi connectivity index (χ3v) is 5.45. The molecule has 1 fully saturated rings. The Kier molecular flexibility index (Phi) is 7.36. The molecule has 154 valence electrons. The van der Waals surface area contributed by atoms with E-state index in [-0.39, 0.29) is 29.6 Å². The van der Waals surface area contributed by atoms with Crippen LogP contribution in [0.1, 0.15) is 31.7 Å². The van der Waals surface area contributed by atoms with Crippen molar-refractivity contribution in [3.8, 4) is 0 Å². The number of rotatable bonds is 7. The summed E-state index contributed by atoms with van der Waals surface area (Å²) in [6, 6.07) is 15.4. The Labute approximate surface area is 171 Å². The van der Waals surface area contributed by atoms with Crippen molar-refractivity contribution in [2.75, 3.05) is 18.4 Å². The highest BCUT2D eigenvalue weighted by Gasteiger charge is 2.31. The minimum atomic E-state index is -0.331. The van der Waals surface area contributed by atoms with Gasteiger partial charge < -0.3 is 10.6 Å². The van der Waals surface area contributed by atoms with Crippen LogP contribution in [-0.4, -0.2) is 35.8 Å². The van der Waals surface area contributed by atoms with Gasteiger partial charge in [0.1, 0.15) is 5.82 Å². The molecule has 1 heterocycles. The van der Waals surface area contributed by atoms with Crippen molar-refractivity contribution in [2.24, 2.45) is 5.92 Å². The Hall–Kier alpha value is -2.73. The van der Waals surface area contributed by atoms with Crippen LogP contribution in [0.25, 0.3) is 0 Å². The van der Waals surface area contributed by atoms with E-state index in [2.05, 4.69) is 15.5 Å². The number of hydrogen-bond donors (Lipinski definition) is 2. The largest absolute Gasteiger partial charge is 0.352 e. The van der Waals surface area contributed by atoms with E-state index in [4.69, 9.17) is 0 Å². The first-order chi connectivity index (χ1) is 14.1. The minimum absolute atomic E-state index is 0.0207. The molecule has 1 saturated heterocycles. The number of hydrogen-bond acceptors (Lipinski definition) is 3. The van der Waals surface area contributed by atoms with Crippen molar-refractivity contribution < 1.29 is 14.0 Å². The maximum Gasteiger partial charge on any atom is 0.241 e. The third-order valence-electron chi connectivity index (χ3n) is 5.45. The molecule has 0 spiro atoms. The number of piperidine rings is 1. The van der Waals surface area contributed by atoms with Crippen molar-refractivity contribution in [2.45, 2.75) is 38.8 Å². The molecule has 0 bridgehead atoms. The molecule has 1 aliphatic rings. The van der Waals surface area contributed by atoms with Crippen LogP contribution in [0.5, 0.6) is 0 Å². The highest BCUT2D eigenvalue weighted by Crippen LogP contribution is 2.21. The number of carbonyl (C=O) groups excluding carboxylic acids is 2. The highest BCUT2D eigenvalue weighted by molar-refractivity contribution is 5.94. The Bertz CT molecular complexity index is 803. The predicted molar refractivity (Wildman–Crippen MR) is 112 cm³/mol. The molecular weight excluding hydrogens is 369 g/mol. The number of nitrogens with one attached hydrogen (secondary N) is 2. The van der Waals surface area contributed by atoms with E-state index in [9.17, 15) is 14.0 Å². The average Bonchev–Trinajstić information content (AvgIpc) is 2.75. The Morgan fingerprint density at radius 1 is 1.07 bits per heavy atom. The molecule has 1 unspecified atom stereocenters. The number of halogens is 1. The first-order valence-corrected chi connectivity index (χ1v) is 10.2. The van der Waals surface area contributed by atoms with Crippen molar-refractivity contribution in [1.29, 1.82) is 0 Å². The lowest BCUT2D eigenvalue weighted by molar-refractivity contribution is -0.127. The molecule has 1 atom stereocenters. The number of anilines is 1. The summed E-state index contributed by atoms with van der Waals surface area (Å²) in [4.78, 5) is 27.3. The van der Waals surface area contributed by atoms with E-state index in [1.165, 1.54) is 12.1 Å². The monoisotopic (exact) mass is 397 g/mol. The van der Waals surface area contributed by atoms with Crippen LogP contribution in [-0.2, 0) is 16.1 Å². The van der Waals surface area contributed by atoms with Crippen molar-refractivity contribution in [1.82, 2.24) is 10.2 Å². The van der Waals surface area contributed by atoms with Crippen LogP contribution in [0.2, 0.25) is 0 Å². The standard InChI is InChI=1S/C23H28FN3O2/c1-2-21(23(29)26-20-10-8-19(24)9-11-20)27-14-12-18(13-15-27)22(28)25-16-17-6-4-3-5-7-17/h3-11,18,21H,2,12-16H2,1H3,(H,25,28)(H,26,29). The first kappa shape index (κ1) is 21.0. The zero-order chi connectivity index (χ0) is 20.6. The number of benzene rings is 2. The molecule has 3 rings (SSSR count). The summed E-state index contributed by atoms with van der Waals surface area (Å²) in [5.41, 5.74) is 1.67. The van der Waals surface area contributed by atoms with Gasteiger partial charge in [-0.15, -0.1) is 0 Å². The Morgan fingerprint density at radius 2 is 1.72 bits per heavy atom. The van der Waals surface area contributed by atoms with Crippen molar-refractivity contribution in [3.63, 3.8) is 0 Å². The molecule has 0 saturated carbocycles. The number of amides is 2. The molecule has 2 aromatic rings. The molecule has 29 heavy (non-hydrogen) atoms. The van der Waals surface area contributed by atoms with Gasteiger partial charge in [-0.2, -0.15) is 0 Å². The molecule has 0 aliphatic carbocycles. The zero-order valence-electron chi connectivity index (χ0n) is 16.7. The molecule has 5 nitrogen and oxygen atoms in total. The van der Waals surface area contributed by atoms with E-state index in [0.717, 1.165) is 18.4 Å². The average molecular weight is 397 g/mol. The topological polar surface area (TPSA) is 61.4 Å². The van der Waals surface area contributed by atoms with Gasteiger partial charge in [0.05, 0.1) is 6.04 Å². The summed E-state index contributed by atoms with van der Waals surface area (Å²) >= 11 is 0. The van der Waals surface area contributed by atoms with Gasteiger partial charge in [-0.3, -0.25) is 14.5 Å². The normalized spacial score (nSPS) is 16.2. The lowest BCUT2D eigenvalue weighted by Gasteiger charge is -2.36. The maximum absolute atomic E-state index is 13.0. The van der Waals surface area contributed by atoms with Gasteiger partial charge >= 0.3 is 0 Å². The summed E-state index contributed by atoms with van der Waals surface area (Å²) < 4.78 is 13.0. The highest BCUT2D eigenvalue weighted by atomic mass is 19.1.